The van der Waals surface area contributed by atoms with Crippen LogP contribution in [0.3, 0.4) is 0 Å². The third-order valence-corrected chi connectivity index (χ3v) is 4.43. The number of carbonyl (C=O) groups is 1. The lowest BCUT2D eigenvalue weighted by atomic mass is 10.0. The fraction of sp³-hybridized carbons (Fsp3) is 0.333. The summed E-state index contributed by atoms with van der Waals surface area (Å²) >= 11 is 0. The van der Waals surface area contributed by atoms with E-state index in [0.29, 0.717) is 31.5 Å². The number of aromatic nitrogens is 1. The molecule has 1 saturated heterocycles. The number of amides is 1. The molecule has 0 aliphatic carbocycles. The van der Waals surface area contributed by atoms with Crippen molar-refractivity contribution in [2.75, 3.05) is 18.4 Å². The van der Waals surface area contributed by atoms with Crippen LogP contribution in [-0.4, -0.2) is 34.9 Å². The van der Waals surface area contributed by atoms with Crippen molar-refractivity contribution in [1.29, 1.82) is 0 Å². The van der Waals surface area contributed by atoms with Gasteiger partial charge in [-0.1, -0.05) is 17.7 Å². The molecular weight excluding hydrogens is 350 g/mol. The monoisotopic (exact) mass is 367 g/mol. The highest BCUT2D eigenvalue weighted by Gasteiger charge is 2.27. The highest BCUT2D eigenvalue weighted by Crippen LogP contribution is 2.25. The Morgan fingerprint density at radius 2 is 1.58 bits per heavy atom. The minimum absolute atomic E-state index is 0.123. The number of hydrogen-bond acceptors (Lipinski definition) is 3. The molecule has 4 nitrogen and oxygen atoms in total. The third kappa shape index (κ3) is 3.63. The van der Waals surface area contributed by atoms with Crippen LogP contribution in [0.1, 0.15) is 28.8 Å². The molecular formula is C18H17F4N3O. The number of halogens is 4. The van der Waals surface area contributed by atoms with E-state index in [1.165, 1.54) is 0 Å². The molecule has 0 atom stereocenters. The molecule has 1 fully saturated rings. The maximum Gasteiger partial charge on any atom is 0.253 e. The third-order valence-electron chi connectivity index (χ3n) is 4.43. The summed E-state index contributed by atoms with van der Waals surface area (Å²) in [5.74, 6) is -6.62. The second kappa shape index (κ2) is 7.31. The van der Waals surface area contributed by atoms with E-state index in [2.05, 4.69) is 10.3 Å². The zero-order valence-corrected chi connectivity index (χ0v) is 14.0. The number of anilines is 1. The summed E-state index contributed by atoms with van der Waals surface area (Å²) in [5, 5.41) is 2.50. The van der Waals surface area contributed by atoms with E-state index < -0.39 is 35.3 Å². The molecule has 0 radical (unpaired) electrons. The number of rotatable bonds is 3. The van der Waals surface area contributed by atoms with Crippen molar-refractivity contribution >= 4 is 11.6 Å². The molecule has 1 amide bonds. The molecule has 2 heterocycles. The lowest BCUT2D eigenvalue weighted by Crippen LogP contribution is -2.42. The minimum Gasteiger partial charge on any atom is -0.377 e. The van der Waals surface area contributed by atoms with Crippen LogP contribution in [0.4, 0.5) is 23.2 Å². The van der Waals surface area contributed by atoms with Crippen molar-refractivity contribution in [3.05, 3.63) is 58.9 Å². The summed E-state index contributed by atoms with van der Waals surface area (Å²) in [5.41, 5.74) is 0.751. The van der Waals surface area contributed by atoms with Gasteiger partial charge < -0.3 is 10.2 Å². The Morgan fingerprint density at radius 3 is 2.12 bits per heavy atom. The smallest absolute Gasteiger partial charge is 0.253 e. The Hall–Kier alpha value is -2.64. The largest absolute Gasteiger partial charge is 0.377 e. The zero-order valence-electron chi connectivity index (χ0n) is 14.0. The number of nitrogens with zero attached hydrogens (tertiary/aromatic N) is 2. The summed E-state index contributed by atoms with van der Waals surface area (Å²) < 4.78 is 53.7. The van der Waals surface area contributed by atoms with Crippen LogP contribution >= 0.6 is 0 Å². The van der Waals surface area contributed by atoms with Crippen molar-refractivity contribution in [3.8, 4) is 0 Å². The van der Waals surface area contributed by atoms with Crippen molar-refractivity contribution in [3.63, 3.8) is 0 Å². The van der Waals surface area contributed by atoms with Crippen LogP contribution in [-0.2, 0) is 0 Å². The molecule has 8 heteroatoms. The molecule has 0 unspecified atom stereocenters. The average molecular weight is 367 g/mol. The predicted octanol–water partition coefficient (Wildman–Crippen LogP) is 3.66. The molecule has 1 aliphatic rings. The molecule has 2 aromatic rings. The summed E-state index contributed by atoms with van der Waals surface area (Å²) in [6.45, 7) is 2.65. The van der Waals surface area contributed by atoms with E-state index in [4.69, 9.17) is 0 Å². The van der Waals surface area contributed by atoms with Crippen LogP contribution in [0.15, 0.2) is 24.3 Å². The highest BCUT2D eigenvalue weighted by molar-refractivity contribution is 5.94. The first kappa shape index (κ1) is 18.2. The van der Waals surface area contributed by atoms with E-state index in [1.54, 1.807) is 17.0 Å². The molecule has 3 rings (SSSR count). The number of carbonyl (C=O) groups excluding carboxylic acids is 1. The summed E-state index contributed by atoms with van der Waals surface area (Å²) in [7, 11) is 0. The Balaban J connectivity index is 1.64. The van der Waals surface area contributed by atoms with Gasteiger partial charge in [0.15, 0.2) is 0 Å². The lowest BCUT2D eigenvalue weighted by Gasteiger charge is -2.33. The average Bonchev–Trinajstić information content (AvgIpc) is 2.64. The first-order chi connectivity index (χ1) is 12.4. The fourth-order valence-electron chi connectivity index (χ4n) is 2.92. The molecule has 1 aromatic carbocycles. The maximum absolute atomic E-state index is 13.7. The van der Waals surface area contributed by atoms with Crippen molar-refractivity contribution in [1.82, 2.24) is 9.88 Å². The molecule has 0 saturated carbocycles. The first-order valence-electron chi connectivity index (χ1n) is 8.19. The number of likely N-dealkylation sites (tertiary alicyclic amines) is 1. The molecule has 1 N–H and O–H groups in total. The molecule has 26 heavy (non-hydrogen) atoms. The zero-order chi connectivity index (χ0) is 18.8. The van der Waals surface area contributed by atoms with Gasteiger partial charge in [0.25, 0.3) is 17.8 Å². The van der Waals surface area contributed by atoms with Gasteiger partial charge in [0, 0.05) is 24.7 Å². The minimum atomic E-state index is -1.70. The topological polar surface area (TPSA) is 45.2 Å². The van der Waals surface area contributed by atoms with Crippen LogP contribution in [0.5, 0.6) is 0 Å². The van der Waals surface area contributed by atoms with Gasteiger partial charge in [-0.25, -0.2) is 0 Å². The second-order valence-corrected chi connectivity index (χ2v) is 6.27. The Kier molecular flexibility index (Phi) is 5.11. The number of benzene rings is 1. The van der Waals surface area contributed by atoms with Crippen LogP contribution in [0, 0.1) is 30.5 Å². The van der Waals surface area contributed by atoms with Crippen molar-refractivity contribution < 1.29 is 22.4 Å². The van der Waals surface area contributed by atoms with Gasteiger partial charge in [-0.2, -0.15) is 22.5 Å². The van der Waals surface area contributed by atoms with Gasteiger partial charge >= 0.3 is 0 Å². The molecule has 1 aliphatic heterocycles. The van der Waals surface area contributed by atoms with E-state index in [1.807, 2.05) is 19.1 Å². The number of aryl methyl sites for hydroxylation is 1. The molecule has 0 bridgehead atoms. The highest BCUT2D eigenvalue weighted by atomic mass is 19.2. The summed E-state index contributed by atoms with van der Waals surface area (Å²) in [6, 6.07) is 6.77. The number of piperidine rings is 1. The number of hydrogen-bond donors (Lipinski definition) is 1. The van der Waals surface area contributed by atoms with Crippen molar-refractivity contribution in [2.24, 2.45) is 0 Å². The predicted molar refractivity (Wildman–Crippen MR) is 87.8 cm³/mol. The van der Waals surface area contributed by atoms with E-state index in [-0.39, 0.29) is 5.91 Å². The van der Waals surface area contributed by atoms with Gasteiger partial charge in [0.1, 0.15) is 5.69 Å². The van der Waals surface area contributed by atoms with Gasteiger partial charge in [-0.05, 0) is 31.9 Å². The van der Waals surface area contributed by atoms with Crippen molar-refractivity contribution in [2.45, 2.75) is 25.8 Å². The lowest BCUT2D eigenvalue weighted by molar-refractivity contribution is 0.0718. The Labute approximate surface area is 147 Å². The Bertz CT molecular complexity index is 792. The van der Waals surface area contributed by atoms with Crippen LogP contribution < -0.4 is 5.32 Å². The van der Waals surface area contributed by atoms with Crippen LogP contribution in [0.25, 0.3) is 0 Å². The number of pyridine rings is 1. The summed E-state index contributed by atoms with van der Waals surface area (Å²) in [6.07, 6.45) is 0.782. The molecule has 0 spiro atoms. The Morgan fingerprint density at radius 1 is 1.04 bits per heavy atom. The van der Waals surface area contributed by atoms with E-state index in [0.717, 1.165) is 5.56 Å². The van der Waals surface area contributed by atoms with E-state index >= 15 is 0 Å². The van der Waals surface area contributed by atoms with Gasteiger partial charge in [0.05, 0.1) is 0 Å². The summed E-state index contributed by atoms with van der Waals surface area (Å²) in [4.78, 5) is 16.6. The number of nitrogens with one attached hydrogen (secondary N) is 1. The van der Waals surface area contributed by atoms with E-state index in [9.17, 15) is 22.4 Å². The quantitative estimate of drug-likeness (QED) is 0.665. The molecule has 138 valence electrons. The normalized spacial score (nSPS) is 15.2. The first-order valence-corrected chi connectivity index (χ1v) is 8.19. The molecule has 1 aromatic heterocycles. The standard InChI is InChI=1S/C18H17F4N3O/c1-10-2-4-11(5-3-10)18(26)25-8-6-12(7-9-25)23-15-13(19)16(21)24-17(22)14(15)20/h2-5,12H,6-9H2,1H3,(H,23,24). The van der Waals surface area contributed by atoms with Gasteiger partial charge in [0.2, 0.25) is 11.6 Å². The van der Waals surface area contributed by atoms with Crippen LogP contribution in [0.2, 0.25) is 0 Å². The second-order valence-electron chi connectivity index (χ2n) is 6.27. The SMILES string of the molecule is Cc1ccc(C(=O)N2CCC(Nc3c(F)c(F)nc(F)c3F)CC2)cc1. The fourth-order valence-corrected chi connectivity index (χ4v) is 2.92. The maximum atomic E-state index is 13.7. The van der Waals surface area contributed by atoms with Gasteiger partial charge in [-0.3, -0.25) is 4.79 Å². The van der Waals surface area contributed by atoms with Gasteiger partial charge in [-0.15, -0.1) is 0 Å².